The molecule has 0 aliphatic carbocycles. The summed E-state index contributed by atoms with van der Waals surface area (Å²) in [4.78, 5) is 23.6. The van der Waals surface area contributed by atoms with Crippen molar-refractivity contribution in [2.24, 2.45) is 0 Å². The Morgan fingerprint density at radius 1 is 1.09 bits per heavy atom. The van der Waals surface area contributed by atoms with Crippen molar-refractivity contribution in [3.8, 4) is 5.75 Å². The minimum absolute atomic E-state index is 0.174. The van der Waals surface area contributed by atoms with E-state index in [0.717, 1.165) is 24.8 Å². The van der Waals surface area contributed by atoms with Crippen LogP contribution < -0.4 is 15.6 Å². The third kappa shape index (κ3) is 6.61. The van der Waals surface area contributed by atoms with Crippen molar-refractivity contribution in [3.05, 3.63) is 29.8 Å². The largest absolute Gasteiger partial charge is 0.481 e. The Labute approximate surface area is 132 Å². The number of hydrogen-bond donors (Lipinski definition) is 2. The highest BCUT2D eigenvalue weighted by molar-refractivity contribution is 5.84. The first kappa shape index (κ1) is 18.0. The third-order valence-electron chi connectivity index (χ3n) is 3.30. The zero-order chi connectivity index (χ0) is 16.4. The van der Waals surface area contributed by atoms with Gasteiger partial charge in [-0.3, -0.25) is 20.4 Å². The van der Waals surface area contributed by atoms with Gasteiger partial charge in [-0.2, -0.15) is 0 Å². The number of rotatable bonds is 8. The number of amides is 2. The van der Waals surface area contributed by atoms with Crippen molar-refractivity contribution in [1.82, 2.24) is 10.9 Å². The van der Waals surface area contributed by atoms with Crippen molar-refractivity contribution >= 4 is 11.8 Å². The van der Waals surface area contributed by atoms with E-state index in [4.69, 9.17) is 4.74 Å². The molecule has 122 valence electrons. The lowest BCUT2D eigenvalue weighted by atomic mass is 10.2. The molecule has 22 heavy (non-hydrogen) atoms. The molecule has 5 heteroatoms. The van der Waals surface area contributed by atoms with E-state index in [9.17, 15) is 9.59 Å². The monoisotopic (exact) mass is 306 g/mol. The molecular formula is C17H26N2O3. The molecule has 1 aromatic rings. The highest BCUT2D eigenvalue weighted by Crippen LogP contribution is 2.14. The van der Waals surface area contributed by atoms with Crippen LogP contribution in [0.5, 0.6) is 5.75 Å². The molecule has 1 atom stereocenters. The first-order valence-corrected chi connectivity index (χ1v) is 7.88. The maximum absolute atomic E-state index is 12.0. The molecule has 0 saturated heterocycles. The normalized spacial score (nSPS) is 11.6. The van der Waals surface area contributed by atoms with E-state index < -0.39 is 6.10 Å². The van der Waals surface area contributed by atoms with Crippen LogP contribution in [0.2, 0.25) is 0 Å². The van der Waals surface area contributed by atoms with Crippen LogP contribution >= 0.6 is 0 Å². The maximum Gasteiger partial charge on any atom is 0.279 e. The highest BCUT2D eigenvalue weighted by atomic mass is 16.5. The van der Waals surface area contributed by atoms with Gasteiger partial charge in [0.15, 0.2) is 6.10 Å². The van der Waals surface area contributed by atoms with Gasteiger partial charge in [-0.1, -0.05) is 44.4 Å². The van der Waals surface area contributed by atoms with Gasteiger partial charge in [-0.15, -0.1) is 0 Å². The number of unbranched alkanes of at least 4 members (excludes halogenated alkanes) is 2. The van der Waals surface area contributed by atoms with E-state index in [1.54, 1.807) is 0 Å². The average molecular weight is 306 g/mol. The molecular weight excluding hydrogens is 280 g/mol. The summed E-state index contributed by atoms with van der Waals surface area (Å²) < 4.78 is 5.65. The molecule has 5 nitrogen and oxygen atoms in total. The molecule has 0 radical (unpaired) electrons. The number of aryl methyl sites for hydroxylation is 1. The van der Waals surface area contributed by atoms with Crippen LogP contribution in [0.3, 0.4) is 0 Å². The minimum atomic E-state index is -0.626. The van der Waals surface area contributed by atoms with Crippen molar-refractivity contribution in [1.29, 1.82) is 0 Å². The third-order valence-corrected chi connectivity index (χ3v) is 3.30. The predicted octanol–water partition coefficient (Wildman–Crippen LogP) is 2.88. The molecule has 0 aromatic heterocycles. The number of nitrogens with one attached hydrogen (secondary N) is 2. The maximum atomic E-state index is 12.0. The van der Waals surface area contributed by atoms with Crippen molar-refractivity contribution in [3.63, 3.8) is 0 Å². The Morgan fingerprint density at radius 3 is 2.36 bits per heavy atom. The Morgan fingerprint density at radius 2 is 1.77 bits per heavy atom. The van der Waals surface area contributed by atoms with Crippen LogP contribution in [0.1, 0.15) is 51.5 Å². The summed E-state index contributed by atoms with van der Waals surface area (Å²) in [5, 5.41) is 0. The molecule has 2 N–H and O–H groups in total. The van der Waals surface area contributed by atoms with Crippen molar-refractivity contribution < 1.29 is 14.3 Å². The molecule has 0 heterocycles. The summed E-state index contributed by atoms with van der Waals surface area (Å²) >= 11 is 0. The van der Waals surface area contributed by atoms with E-state index >= 15 is 0 Å². The Balaban J connectivity index is 2.40. The number of ether oxygens (including phenoxy) is 1. The van der Waals surface area contributed by atoms with E-state index in [-0.39, 0.29) is 11.8 Å². The molecule has 0 aliphatic heterocycles. The fourth-order valence-corrected chi connectivity index (χ4v) is 1.91. The number of hydrazine groups is 1. The van der Waals surface area contributed by atoms with E-state index in [1.807, 2.05) is 38.1 Å². The predicted molar refractivity (Wildman–Crippen MR) is 86.3 cm³/mol. The number of benzene rings is 1. The van der Waals surface area contributed by atoms with Gasteiger partial charge in [0, 0.05) is 6.42 Å². The minimum Gasteiger partial charge on any atom is -0.481 e. The van der Waals surface area contributed by atoms with Crippen molar-refractivity contribution in [2.75, 3.05) is 0 Å². The van der Waals surface area contributed by atoms with Gasteiger partial charge in [0.25, 0.3) is 5.91 Å². The smallest absolute Gasteiger partial charge is 0.279 e. The molecule has 1 rings (SSSR count). The van der Waals surface area contributed by atoms with E-state index in [0.29, 0.717) is 18.6 Å². The number of hydrogen-bond acceptors (Lipinski definition) is 3. The van der Waals surface area contributed by atoms with Crippen LogP contribution in [-0.2, 0) is 9.59 Å². The Hall–Kier alpha value is -2.04. The molecule has 1 aromatic carbocycles. The van der Waals surface area contributed by atoms with Crippen LogP contribution in [0.15, 0.2) is 24.3 Å². The summed E-state index contributed by atoms with van der Waals surface area (Å²) in [5.41, 5.74) is 5.99. The zero-order valence-corrected chi connectivity index (χ0v) is 13.6. The number of carbonyl (C=O) groups is 2. The van der Waals surface area contributed by atoms with Crippen LogP contribution in [0.4, 0.5) is 0 Å². The standard InChI is InChI=1S/C17H26N2O3/c1-4-6-7-8-16(20)18-19-17(21)15(5-2)22-14-11-9-13(3)10-12-14/h9-12,15H,4-8H2,1-3H3,(H,18,20)(H,19,21). The average Bonchev–Trinajstić information content (AvgIpc) is 2.52. The summed E-state index contributed by atoms with van der Waals surface area (Å²) in [6, 6.07) is 7.51. The fourth-order valence-electron chi connectivity index (χ4n) is 1.91. The summed E-state index contributed by atoms with van der Waals surface area (Å²) in [6.45, 7) is 5.93. The molecule has 0 bridgehead atoms. The topological polar surface area (TPSA) is 67.4 Å². The summed E-state index contributed by atoms with van der Waals surface area (Å²) in [6.07, 6.45) is 3.21. The van der Waals surface area contributed by atoms with E-state index in [2.05, 4.69) is 17.8 Å². The molecule has 0 fully saturated rings. The highest BCUT2D eigenvalue weighted by Gasteiger charge is 2.18. The molecule has 0 aliphatic rings. The molecule has 1 unspecified atom stereocenters. The first-order chi connectivity index (χ1) is 10.6. The lowest BCUT2D eigenvalue weighted by molar-refractivity contribution is -0.133. The van der Waals surface area contributed by atoms with Crippen molar-refractivity contribution in [2.45, 2.75) is 59.0 Å². The Kier molecular flexibility index (Phi) is 8.04. The quantitative estimate of drug-likeness (QED) is 0.573. The van der Waals surface area contributed by atoms with Gasteiger partial charge in [0.1, 0.15) is 5.75 Å². The lowest BCUT2D eigenvalue weighted by Crippen LogP contribution is -2.47. The summed E-state index contributed by atoms with van der Waals surface area (Å²) in [5.74, 6) is 0.126. The molecule has 0 spiro atoms. The first-order valence-electron chi connectivity index (χ1n) is 7.88. The van der Waals surface area contributed by atoms with Gasteiger partial charge in [-0.05, 0) is 31.9 Å². The lowest BCUT2D eigenvalue weighted by Gasteiger charge is -2.17. The van der Waals surface area contributed by atoms with Crippen LogP contribution in [0.25, 0.3) is 0 Å². The summed E-state index contributed by atoms with van der Waals surface area (Å²) in [7, 11) is 0. The van der Waals surface area contributed by atoms with Gasteiger partial charge in [0.05, 0.1) is 0 Å². The SMILES string of the molecule is CCCCCC(=O)NNC(=O)C(CC)Oc1ccc(C)cc1. The zero-order valence-electron chi connectivity index (χ0n) is 13.6. The Bertz CT molecular complexity index is 471. The second kappa shape index (κ2) is 9.82. The second-order valence-electron chi connectivity index (χ2n) is 5.32. The van der Waals surface area contributed by atoms with Crippen LogP contribution in [0, 0.1) is 6.92 Å². The van der Waals surface area contributed by atoms with Gasteiger partial charge >= 0.3 is 0 Å². The van der Waals surface area contributed by atoms with Crippen LogP contribution in [-0.4, -0.2) is 17.9 Å². The number of carbonyl (C=O) groups excluding carboxylic acids is 2. The van der Waals surface area contributed by atoms with E-state index in [1.165, 1.54) is 0 Å². The van der Waals surface area contributed by atoms with Gasteiger partial charge < -0.3 is 4.74 Å². The second-order valence-corrected chi connectivity index (χ2v) is 5.32. The molecule has 2 amide bonds. The molecule has 0 saturated carbocycles. The van der Waals surface area contributed by atoms with Gasteiger partial charge in [-0.25, -0.2) is 0 Å². The fraction of sp³-hybridized carbons (Fsp3) is 0.529. The van der Waals surface area contributed by atoms with Gasteiger partial charge in [0.2, 0.25) is 5.91 Å².